The highest BCUT2D eigenvalue weighted by Crippen LogP contribution is 2.23. The third kappa shape index (κ3) is 5.68. The molecule has 1 fully saturated rings. The lowest BCUT2D eigenvalue weighted by Crippen LogP contribution is -2.49. The van der Waals surface area contributed by atoms with Crippen LogP contribution in [0.4, 0.5) is 0 Å². The first kappa shape index (κ1) is 21.1. The molecule has 0 saturated carbocycles. The van der Waals surface area contributed by atoms with Gasteiger partial charge in [-0.25, -0.2) is 8.42 Å². The molecule has 1 aromatic carbocycles. The molecule has 0 bridgehead atoms. The SMILES string of the molecule is CS(=O)(=O)CCN1CCN(C(=O)/C=C/c2cn(CCC#N)c3ccccc23)CC1. The number of para-hydroxylation sites is 1. The molecule has 0 atom stereocenters. The van der Waals surface area contributed by atoms with Gasteiger partial charge < -0.3 is 9.47 Å². The van der Waals surface area contributed by atoms with Gasteiger partial charge in [-0.1, -0.05) is 18.2 Å². The molecule has 0 radical (unpaired) electrons. The van der Waals surface area contributed by atoms with Crippen LogP contribution in [-0.4, -0.2) is 73.4 Å². The van der Waals surface area contributed by atoms with Gasteiger partial charge in [0.25, 0.3) is 0 Å². The van der Waals surface area contributed by atoms with E-state index in [1.807, 2.05) is 41.1 Å². The van der Waals surface area contributed by atoms with E-state index < -0.39 is 9.84 Å². The minimum Gasteiger partial charge on any atom is -0.346 e. The largest absolute Gasteiger partial charge is 0.346 e. The Balaban J connectivity index is 1.62. The summed E-state index contributed by atoms with van der Waals surface area (Å²) >= 11 is 0. The van der Waals surface area contributed by atoms with Crippen LogP contribution in [0.1, 0.15) is 12.0 Å². The summed E-state index contributed by atoms with van der Waals surface area (Å²) in [5.74, 6) is 0.109. The van der Waals surface area contributed by atoms with Crippen molar-refractivity contribution >= 4 is 32.7 Å². The summed E-state index contributed by atoms with van der Waals surface area (Å²) in [6, 6.07) is 10.1. The number of aromatic nitrogens is 1. The van der Waals surface area contributed by atoms with E-state index in [0.717, 1.165) is 16.5 Å². The molecule has 8 heteroatoms. The van der Waals surface area contributed by atoms with Crippen LogP contribution in [0, 0.1) is 11.3 Å². The maximum absolute atomic E-state index is 12.6. The maximum atomic E-state index is 12.6. The van der Waals surface area contributed by atoms with Crippen molar-refractivity contribution in [1.29, 1.82) is 5.26 Å². The zero-order valence-corrected chi connectivity index (χ0v) is 17.4. The number of amides is 1. The molecule has 1 saturated heterocycles. The van der Waals surface area contributed by atoms with Crippen LogP contribution in [0.3, 0.4) is 0 Å². The average molecular weight is 415 g/mol. The predicted molar refractivity (Wildman–Crippen MR) is 114 cm³/mol. The third-order valence-electron chi connectivity index (χ3n) is 5.15. The van der Waals surface area contributed by atoms with E-state index >= 15 is 0 Å². The standard InChI is InChI=1S/C21H26N4O3S/c1-29(27,28)16-15-23-11-13-24(14-12-23)21(26)8-7-18-17-25(10-4-9-22)20-6-3-2-5-19(18)20/h2-3,5-8,17H,4,10-16H2,1H3/b8-7+. The first-order valence-corrected chi connectivity index (χ1v) is 11.8. The normalized spacial score (nSPS) is 15.8. The molecule has 7 nitrogen and oxygen atoms in total. The Labute approximate surface area is 171 Å². The number of carbonyl (C=O) groups excluding carboxylic acids is 1. The summed E-state index contributed by atoms with van der Waals surface area (Å²) < 4.78 is 24.6. The second-order valence-corrected chi connectivity index (χ2v) is 9.59. The molecule has 1 aliphatic rings. The quantitative estimate of drug-likeness (QED) is 0.645. The number of nitriles is 1. The molecule has 1 aliphatic heterocycles. The summed E-state index contributed by atoms with van der Waals surface area (Å²) in [4.78, 5) is 16.5. The number of sulfone groups is 1. The molecule has 1 aromatic heterocycles. The van der Waals surface area contributed by atoms with E-state index in [4.69, 9.17) is 5.26 Å². The molecule has 2 heterocycles. The van der Waals surface area contributed by atoms with Crippen molar-refractivity contribution in [2.24, 2.45) is 0 Å². The van der Waals surface area contributed by atoms with Gasteiger partial charge in [-0.15, -0.1) is 0 Å². The summed E-state index contributed by atoms with van der Waals surface area (Å²) in [5, 5.41) is 9.91. The second kappa shape index (κ2) is 9.25. The van der Waals surface area contributed by atoms with Crippen LogP contribution < -0.4 is 0 Å². The van der Waals surface area contributed by atoms with E-state index in [2.05, 4.69) is 11.0 Å². The summed E-state index contributed by atoms with van der Waals surface area (Å²) in [6.45, 7) is 3.69. The van der Waals surface area contributed by atoms with Crippen molar-refractivity contribution in [2.75, 3.05) is 44.7 Å². The predicted octanol–water partition coefficient (Wildman–Crippen LogP) is 1.76. The van der Waals surface area contributed by atoms with Crippen LogP contribution in [0.2, 0.25) is 0 Å². The fraction of sp³-hybridized carbons (Fsp3) is 0.429. The Bertz CT molecular complexity index is 1040. The number of nitrogens with zero attached hydrogens (tertiary/aromatic N) is 4. The monoisotopic (exact) mass is 414 g/mol. The van der Waals surface area contributed by atoms with Crippen LogP contribution >= 0.6 is 0 Å². The fourth-order valence-corrected chi connectivity index (χ4v) is 4.11. The van der Waals surface area contributed by atoms with Crippen LogP contribution in [0.5, 0.6) is 0 Å². The van der Waals surface area contributed by atoms with Crippen molar-refractivity contribution in [3.05, 3.63) is 42.1 Å². The van der Waals surface area contributed by atoms with E-state index in [1.54, 1.807) is 11.0 Å². The lowest BCUT2D eigenvalue weighted by molar-refractivity contribution is -0.127. The van der Waals surface area contributed by atoms with Crippen molar-refractivity contribution < 1.29 is 13.2 Å². The lowest BCUT2D eigenvalue weighted by atomic mass is 10.1. The molecule has 0 spiro atoms. The van der Waals surface area contributed by atoms with Crippen LogP contribution in [0.25, 0.3) is 17.0 Å². The molecule has 1 amide bonds. The highest BCUT2D eigenvalue weighted by atomic mass is 32.2. The van der Waals surface area contributed by atoms with E-state index in [-0.39, 0.29) is 11.7 Å². The van der Waals surface area contributed by atoms with Crippen molar-refractivity contribution in [3.8, 4) is 6.07 Å². The van der Waals surface area contributed by atoms with Crippen molar-refractivity contribution in [1.82, 2.24) is 14.4 Å². The minimum absolute atomic E-state index is 0.0402. The highest BCUT2D eigenvalue weighted by molar-refractivity contribution is 7.90. The van der Waals surface area contributed by atoms with Gasteiger partial charge in [-0.05, 0) is 12.1 Å². The molecule has 3 rings (SSSR count). The van der Waals surface area contributed by atoms with E-state index in [9.17, 15) is 13.2 Å². The number of piperazine rings is 1. The average Bonchev–Trinajstić information content (AvgIpc) is 3.06. The number of rotatable bonds is 7. The number of hydrogen-bond donors (Lipinski definition) is 0. The molecule has 2 aromatic rings. The number of aryl methyl sites for hydroxylation is 1. The van der Waals surface area contributed by atoms with Gasteiger partial charge in [0.05, 0.1) is 18.2 Å². The maximum Gasteiger partial charge on any atom is 0.246 e. The minimum atomic E-state index is -2.97. The van der Waals surface area contributed by atoms with Gasteiger partial charge in [0.1, 0.15) is 9.84 Å². The Hall–Kier alpha value is -2.63. The van der Waals surface area contributed by atoms with Gasteiger partial charge in [0, 0.05) is 74.3 Å². The van der Waals surface area contributed by atoms with Crippen LogP contribution in [0.15, 0.2) is 36.5 Å². The molecular weight excluding hydrogens is 388 g/mol. The first-order chi connectivity index (χ1) is 13.9. The van der Waals surface area contributed by atoms with Crippen molar-refractivity contribution in [3.63, 3.8) is 0 Å². The second-order valence-electron chi connectivity index (χ2n) is 7.33. The molecule has 29 heavy (non-hydrogen) atoms. The van der Waals surface area contributed by atoms with Gasteiger partial charge in [0.2, 0.25) is 5.91 Å². The summed E-state index contributed by atoms with van der Waals surface area (Å²) in [5.41, 5.74) is 2.01. The van der Waals surface area contributed by atoms with Crippen LogP contribution in [-0.2, 0) is 21.2 Å². The number of hydrogen-bond acceptors (Lipinski definition) is 5. The smallest absolute Gasteiger partial charge is 0.246 e. The zero-order valence-electron chi connectivity index (χ0n) is 16.6. The topological polar surface area (TPSA) is 86.4 Å². The fourth-order valence-electron chi connectivity index (χ4n) is 3.52. The molecule has 154 valence electrons. The highest BCUT2D eigenvalue weighted by Gasteiger charge is 2.20. The first-order valence-electron chi connectivity index (χ1n) is 9.69. The Morgan fingerprint density at radius 3 is 2.59 bits per heavy atom. The molecule has 0 aliphatic carbocycles. The molecule has 0 N–H and O–H groups in total. The Kier molecular flexibility index (Phi) is 6.72. The summed E-state index contributed by atoms with van der Waals surface area (Å²) in [7, 11) is -2.97. The van der Waals surface area contributed by atoms with E-state index in [1.165, 1.54) is 6.26 Å². The van der Waals surface area contributed by atoms with Gasteiger partial charge in [-0.2, -0.15) is 5.26 Å². The van der Waals surface area contributed by atoms with Gasteiger partial charge in [0.15, 0.2) is 0 Å². The zero-order chi connectivity index (χ0) is 20.9. The Morgan fingerprint density at radius 1 is 1.17 bits per heavy atom. The number of fused-ring (bicyclic) bond motifs is 1. The van der Waals surface area contributed by atoms with Gasteiger partial charge >= 0.3 is 0 Å². The summed E-state index contributed by atoms with van der Waals surface area (Å²) in [6.07, 6.45) is 7.10. The number of carbonyl (C=O) groups is 1. The molecular formula is C21H26N4O3S. The van der Waals surface area contributed by atoms with Crippen molar-refractivity contribution in [2.45, 2.75) is 13.0 Å². The van der Waals surface area contributed by atoms with Gasteiger partial charge in [-0.3, -0.25) is 9.69 Å². The third-order valence-corrected chi connectivity index (χ3v) is 6.08. The van der Waals surface area contributed by atoms with E-state index in [0.29, 0.717) is 45.7 Å². The molecule has 0 unspecified atom stereocenters. The lowest BCUT2D eigenvalue weighted by Gasteiger charge is -2.34. The number of benzene rings is 1. The Morgan fingerprint density at radius 2 is 1.90 bits per heavy atom.